The Morgan fingerprint density at radius 2 is 2.28 bits per heavy atom. The molecule has 0 saturated heterocycles. The van der Waals surface area contributed by atoms with Gasteiger partial charge in [-0.1, -0.05) is 0 Å². The number of rotatable bonds is 6. The first-order chi connectivity index (χ1) is 8.54. The first-order valence-corrected chi connectivity index (χ1v) is 6.65. The summed E-state index contributed by atoms with van der Waals surface area (Å²) in [4.78, 5) is 36.1. The van der Waals surface area contributed by atoms with Crippen molar-refractivity contribution < 1.29 is 14.7 Å². The molecule has 0 fully saturated rings. The molecular weight excluding hydrogens is 256 g/mol. The lowest BCUT2D eigenvalue weighted by atomic mass is 10.2. The lowest BCUT2D eigenvalue weighted by Crippen LogP contribution is -2.41. The van der Waals surface area contributed by atoms with Gasteiger partial charge in [0.15, 0.2) is 0 Å². The molecule has 0 aromatic carbocycles. The van der Waals surface area contributed by atoms with E-state index in [1.807, 2.05) is 6.26 Å². The van der Waals surface area contributed by atoms with Crippen molar-refractivity contribution in [3.05, 3.63) is 34.2 Å². The second-order valence-corrected chi connectivity index (χ2v) is 4.57. The molecule has 0 bridgehead atoms. The predicted octanol–water partition coefficient (Wildman–Crippen LogP) is 0.311. The highest BCUT2D eigenvalue weighted by Crippen LogP contribution is 2.02. The maximum Gasteiger partial charge on any atom is 0.326 e. The molecule has 0 unspecified atom stereocenters. The van der Waals surface area contributed by atoms with Gasteiger partial charge in [-0.2, -0.15) is 11.8 Å². The van der Waals surface area contributed by atoms with Crippen molar-refractivity contribution in [2.45, 2.75) is 12.5 Å². The molecular formula is C11H14N2O4S. The molecule has 98 valence electrons. The number of aliphatic carboxylic acids is 1. The summed E-state index contributed by atoms with van der Waals surface area (Å²) in [7, 11) is 0. The van der Waals surface area contributed by atoms with Crippen LogP contribution in [0.5, 0.6) is 0 Å². The number of amides is 1. The van der Waals surface area contributed by atoms with Crippen LogP contribution < -0.4 is 10.9 Å². The minimum Gasteiger partial charge on any atom is -0.480 e. The SMILES string of the molecule is CSCC[C@H](NC(=O)c1cc[nH]c(=O)c1)C(=O)O. The Labute approximate surface area is 108 Å². The van der Waals surface area contributed by atoms with Crippen LogP contribution in [-0.2, 0) is 4.79 Å². The second-order valence-electron chi connectivity index (χ2n) is 3.59. The normalized spacial score (nSPS) is 11.8. The molecule has 6 nitrogen and oxygen atoms in total. The summed E-state index contributed by atoms with van der Waals surface area (Å²) in [5.41, 5.74) is -0.257. The predicted molar refractivity (Wildman–Crippen MR) is 69.0 cm³/mol. The minimum atomic E-state index is -1.08. The summed E-state index contributed by atoms with van der Waals surface area (Å²) >= 11 is 1.50. The van der Waals surface area contributed by atoms with Crippen LogP contribution in [0.2, 0.25) is 0 Å². The van der Waals surface area contributed by atoms with Crippen molar-refractivity contribution in [3.8, 4) is 0 Å². The quantitative estimate of drug-likeness (QED) is 0.691. The van der Waals surface area contributed by atoms with Crippen LogP contribution in [0.1, 0.15) is 16.8 Å². The molecule has 1 aromatic heterocycles. The Kier molecular flexibility index (Phi) is 5.44. The maximum atomic E-state index is 11.7. The van der Waals surface area contributed by atoms with E-state index in [9.17, 15) is 14.4 Å². The Balaban J connectivity index is 2.72. The van der Waals surface area contributed by atoms with Gasteiger partial charge in [0.25, 0.3) is 5.91 Å². The highest BCUT2D eigenvalue weighted by Gasteiger charge is 2.20. The van der Waals surface area contributed by atoms with E-state index in [-0.39, 0.29) is 5.56 Å². The van der Waals surface area contributed by atoms with Gasteiger partial charge >= 0.3 is 5.97 Å². The van der Waals surface area contributed by atoms with Gasteiger partial charge in [0, 0.05) is 17.8 Å². The van der Waals surface area contributed by atoms with Crippen LogP contribution in [0.4, 0.5) is 0 Å². The van der Waals surface area contributed by atoms with Gasteiger partial charge in [0.05, 0.1) is 0 Å². The standard InChI is InChI=1S/C11H14N2O4S/c1-18-5-3-8(11(16)17)13-10(15)7-2-4-12-9(14)6-7/h2,4,6,8H,3,5H2,1H3,(H,12,14)(H,13,15)(H,16,17)/t8-/m0/s1. The van der Waals surface area contributed by atoms with Gasteiger partial charge in [0.2, 0.25) is 5.56 Å². The number of pyridine rings is 1. The zero-order chi connectivity index (χ0) is 13.5. The molecule has 0 aliphatic rings. The molecule has 0 saturated carbocycles. The summed E-state index contributed by atoms with van der Waals surface area (Å²) < 4.78 is 0. The van der Waals surface area contributed by atoms with Crippen molar-refractivity contribution in [2.24, 2.45) is 0 Å². The van der Waals surface area contributed by atoms with E-state index in [1.165, 1.54) is 24.0 Å². The Bertz CT molecular complexity index is 486. The smallest absolute Gasteiger partial charge is 0.326 e. The molecule has 3 N–H and O–H groups in total. The molecule has 1 atom stereocenters. The zero-order valence-corrected chi connectivity index (χ0v) is 10.6. The average molecular weight is 270 g/mol. The van der Waals surface area contributed by atoms with Gasteiger partial charge in [-0.25, -0.2) is 4.79 Å². The van der Waals surface area contributed by atoms with Gasteiger partial charge in [0.1, 0.15) is 6.04 Å². The van der Waals surface area contributed by atoms with Crippen LogP contribution in [0.25, 0.3) is 0 Å². The molecule has 0 aliphatic carbocycles. The number of carbonyl (C=O) groups is 2. The van der Waals surface area contributed by atoms with E-state index in [0.717, 1.165) is 6.07 Å². The fourth-order valence-electron chi connectivity index (χ4n) is 1.32. The van der Waals surface area contributed by atoms with E-state index >= 15 is 0 Å². The van der Waals surface area contributed by atoms with Crippen molar-refractivity contribution in [3.63, 3.8) is 0 Å². The lowest BCUT2D eigenvalue weighted by Gasteiger charge is -2.13. The highest BCUT2D eigenvalue weighted by atomic mass is 32.2. The number of carbonyl (C=O) groups excluding carboxylic acids is 1. The summed E-state index contributed by atoms with van der Waals surface area (Å²) in [5.74, 6) is -1.01. The van der Waals surface area contributed by atoms with Gasteiger partial charge in [-0.3, -0.25) is 9.59 Å². The third kappa shape index (κ3) is 4.25. The van der Waals surface area contributed by atoms with E-state index in [0.29, 0.717) is 12.2 Å². The molecule has 0 radical (unpaired) electrons. The summed E-state index contributed by atoms with van der Waals surface area (Å²) in [5, 5.41) is 11.3. The topological polar surface area (TPSA) is 99.3 Å². The first kappa shape index (κ1) is 14.3. The number of thioether (sulfide) groups is 1. The Morgan fingerprint density at radius 3 is 2.83 bits per heavy atom. The van der Waals surface area contributed by atoms with Crippen LogP contribution in [0.15, 0.2) is 23.1 Å². The van der Waals surface area contributed by atoms with Crippen LogP contribution in [-0.4, -0.2) is 40.0 Å². The molecule has 7 heteroatoms. The zero-order valence-electron chi connectivity index (χ0n) is 9.80. The summed E-state index contributed by atoms with van der Waals surface area (Å²) in [6.07, 6.45) is 3.54. The number of H-pyrrole nitrogens is 1. The molecule has 18 heavy (non-hydrogen) atoms. The number of aromatic amines is 1. The Morgan fingerprint density at radius 1 is 1.56 bits per heavy atom. The van der Waals surface area contributed by atoms with Crippen molar-refractivity contribution >= 4 is 23.6 Å². The van der Waals surface area contributed by atoms with Crippen molar-refractivity contribution in [1.29, 1.82) is 0 Å². The third-order valence-electron chi connectivity index (χ3n) is 2.25. The molecule has 1 amide bonds. The molecule has 1 aromatic rings. The number of hydrogen-bond donors (Lipinski definition) is 3. The van der Waals surface area contributed by atoms with Crippen LogP contribution in [0, 0.1) is 0 Å². The number of aromatic nitrogens is 1. The highest BCUT2D eigenvalue weighted by molar-refractivity contribution is 7.98. The van der Waals surface area contributed by atoms with E-state index in [2.05, 4.69) is 10.3 Å². The molecule has 0 spiro atoms. The van der Waals surface area contributed by atoms with E-state index in [1.54, 1.807) is 0 Å². The second kappa shape index (κ2) is 6.85. The van der Waals surface area contributed by atoms with Gasteiger partial charge in [-0.05, 0) is 24.5 Å². The minimum absolute atomic E-state index is 0.147. The Hall–Kier alpha value is -1.76. The number of hydrogen-bond acceptors (Lipinski definition) is 4. The molecule has 1 rings (SSSR count). The lowest BCUT2D eigenvalue weighted by molar-refractivity contribution is -0.139. The first-order valence-electron chi connectivity index (χ1n) is 5.26. The van der Waals surface area contributed by atoms with Gasteiger partial charge in [-0.15, -0.1) is 0 Å². The monoisotopic (exact) mass is 270 g/mol. The summed E-state index contributed by atoms with van der Waals surface area (Å²) in [6, 6.07) is 1.61. The maximum absolute atomic E-state index is 11.7. The molecule has 0 aliphatic heterocycles. The average Bonchev–Trinajstić information content (AvgIpc) is 2.33. The number of nitrogens with one attached hydrogen (secondary N) is 2. The van der Waals surface area contributed by atoms with Crippen LogP contribution >= 0.6 is 11.8 Å². The third-order valence-corrected chi connectivity index (χ3v) is 2.90. The molecule has 1 heterocycles. The summed E-state index contributed by atoms with van der Waals surface area (Å²) in [6.45, 7) is 0. The van der Waals surface area contributed by atoms with Gasteiger partial charge < -0.3 is 15.4 Å². The fourth-order valence-corrected chi connectivity index (χ4v) is 1.79. The van der Waals surface area contributed by atoms with E-state index in [4.69, 9.17) is 5.11 Å². The van der Waals surface area contributed by atoms with Crippen LogP contribution in [0.3, 0.4) is 0 Å². The fraction of sp³-hybridized carbons (Fsp3) is 0.364. The largest absolute Gasteiger partial charge is 0.480 e. The number of carboxylic acids is 1. The van der Waals surface area contributed by atoms with Crippen molar-refractivity contribution in [2.75, 3.05) is 12.0 Å². The van der Waals surface area contributed by atoms with E-state index < -0.39 is 23.5 Å². The number of carboxylic acid groups (broad SMARTS) is 1. The van der Waals surface area contributed by atoms with Crippen molar-refractivity contribution in [1.82, 2.24) is 10.3 Å².